The van der Waals surface area contributed by atoms with Crippen molar-refractivity contribution in [3.05, 3.63) is 71.1 Å². The normalized spacial score (nSPS) is 15.4. The number of fused-ring (bicyclic) bond motifs is 1. The van der Waals surface area contributed by atoms with Crippen molar-refractivity contribution in [3.63, 3.8) is 0 Å². The van der Waals surface area contributed by atoms with E-state index in [0.29, 0.717) is 30.4 Å². The highest BCUT2D eigenvalue weighted by Crippen LogP contribution is 2.36. The predicted molar refractivity (Wildman–Crippen MR) is 90.1 cm³/mol. The number of nitrogens with one attached hydrogen (secondary N) is 1. The first-order chi connectivity index (χ1) is 12.2. The van der Waals surface area contributed by atoms with Crippen LogP contribution in [-0.2, 0) is 13.0 Å². The maximum atomic E-state index is 11.2. The zero-order valence-electron chi connectivity index (χ0n) is 13.3. The van der Waals surface area contributed by atoms with Crippen LogP contribution >= 0.6 is 0 Å². The predicted octanol–water partition coefficient (Wildman–Crippen LogP) is 2.46. The van der Waals surface area contributed by atoms with Crippen LogP contribution in [0.5, 0.6) is 5.75 Å². The minimum atomic E-state index is -0.458. The van der Waals surface area contributed by atoms with E-state index in [1.807, 2.05) is 30.3 Å². The number of carbonyl (C=O) groups excluding carboxylic acids is 1. The topological polar surface area (TPSA) is 103 Å². The van der Waals surface area contributed by atoms with Crippen molar-refractivity contribution in [2.75, 3.05) is 5.32 Å². The largest absolute Gasteiger partial charge is 0.480 e. The Morgan fingerprint density at radius 1 is 1.20 bits per heavy atom. The molecule has 25 heavy (non-hydrogen) atoms. The smallest absolute Gasteiger partial charge is 0.315 e. The van der Waals surface area contributed by atoms with E-state index in [4.69, 9.17) is 14.9 Å². The number of amides is 1. The van der Waals surface area contributed by atoms with Crippen LogP contribution in [0.15, 0.2) is 52.9 Å². The van der Waals surface area contributed by atoms with Gasteiger partial charge in [0.25, 0.3) is 5.89 Å². The number of hydrogen-bond donors (Lipinski definition) is 2. The lowest BCUT2D eigenvalue weighted by Gasteiger charge is -2.05. The van der Waals surface area contributed by atoms with Gasteiger partial charge in [0.2, 0.25) is 5.91 Å². The zero-order chi connectivity index (χ0) is 17.2. The summed E-state index contributed by atoms with van der Waals surface area (Å²) in [4.78, 5) is 11.2. The minimum absolute atomic E-state index is 0.265. The van der Waals surface area contributed by atoms with E-state index in [1.165, 1.54) is 0 Å². The molecule has 1 aliphatic heterocycles. The molecule has 7 heteroatoms. The molecule has 0 saturated carbocycles. The summed E-state index contributed by atoms with van der Waals surface area (Å²) in [5, 5.41) is 11.1. The molecule has 0 spiro atoms. The molecule has 0 unspecified atom stereocenters. The van der Waals surface area contributed by atoms with E-state index in [-0.39, 0.29) is 6.10 Å². The first-order valence-corrected chi connectivity index (χ1v) is 7.89. The van der Waals surface area contributed by atoms with Crippen molar-refractivity contribution >= 4 is 11.9 Å². The number of benzene rings is 2. The highest BCUT2D eigenvalue weighted by Gasteiger charge is 2.28. The Bertz CT molecular complexity index is 897. The molecule has 2 aromatic carbocycles. The molecule has 1 aliphatic rings. The van der Waals surface area contributed by atoms with Gasteiger partial charge in [-0.3, -0.25) is 4.79 Å². The Hall–Kier alpha value is -3.35. The third-order valence-electron chi connectivity index (χ3n) is 4.02. The summed E-state index contributed by atoms with van der Waals surface area (Å²) in [5.74, 6) is 0.827. The second-order valence-corrected chi connectivity index (χ2v) is 5.78. The minimum Gasteiger partial charge on any atom is -0.480 e. The summed E-state index contributed by atoms with van der Waals surface area (Å²) < 4.78 is 11.5. The summed E-state index contributed by atoms with van der Waals surface area (Å²) in [6, 6.07) is 15.2. The Labute approximate surface area is 143 Å². The summed E-state index contributed by atoms with van der Waals surface area (Å²) in [7, 11) is 0. The van der Waals surface area contributed by atoms with Crippen molar-refractivity contribution in [2.24, 2.45) is 5.73 Å². The molecule has 0 bridgehead atoms. The number of hydrogen-bond acceptors (Lipinski definition) is 6. The first-order valence-electron chi connectivity index (χ1n) is 7.89. The lowest BCUT2D eigenvalue weighted by molar-refractivity contribution is 0.1000. The second kappa shape index (κ2) is 6.27. The van der Waals surface area contributed by atoms with Crippen LogP contribution in [0.4, 0.5) is 6.01 Å². The molecule has 7 nitrogen and oxygen atoms in total. The standard InChI is InChI=1S/C18H16N4O3/c19-16(23)13-6-3-4-11(8-13)10-20-18-22-21-17(25-18)15-9-12-5-1-2-7-14(12)24-15/h1-8,15H,9-10H2,(H2,19,23)(H,20,22)/t15-/m0/s1. The number of anilines is 1. The number of nitrogens with two attached hydrogens (primary N) is 1. The average molecular weight is 336 g/mol. The zero-order valence-corrected chi connectivity index (χ0v) is 13.3. The van der Waals surface area contributed by atoms with Gasteiger partial charge in [-0.15, -0.1) is 5.10 Å². The number of para-hydroxylation sites is 1. The van der Waals surface area contributed by atoms with Crippen LogP contribution in [0.1, 0.15) is 33.5 Å². The number of nitrogens with zero attached hydrogens (tertiary/aromatic N) is 2. The van der Waals surface area contributed by atoms with Gasteiger partial charge in [0.05, 0.1) is 0 Å². The fourth-order valence-corrected chi connectivity index (χ4v) is 2.77. The highest BCUT2D eigenvalue weighted by atomic mass is 16.5. The maximum Gasteiger partial charge on any atom is 0.315 e. The van der Waals surface area contributed by atoms with Crippen molar-refractivity contribution in [1.82, 2.24) is 10.2 Å². The third-order valence-corrected chi connectivity index (χ3v) is 4.02. The van der Waals surface area contributed by atoms with Crippen molar-refractivity contribution in [1.29, 1.82) is 0 Å². The van der Waals surface area contributed by atoms with Crippen LogP contribution in [0.25, 0.3) is 0 Å². The van der Waals surface area contributed by atoms with Gasteiger partial charge in [0.15, 0.2) is 6.10 Å². The van der Waals surface area contributed by atoms with E-state index in [9.17, 15) is 4.79 Å². The SMILES string of the molecule is NC(=O)c1cccc(CNc2nnc([C@@H]3Cc4ccccc4O3)o2)c1. The van der Waals surface area contributed by atoms with Crippen molar-refractivity contribution in [3.8, 4) is 5.75 Å². The Morgan fingerprint density at radius 2 is 2.08 bits per heavy atom. The number of carbonyl (C=O) groups is 1. The fourth-order valence-electron chi connectivity index (χ4n) is 2.77. The molecule has 0 saturated heterocycles. The molecule has 126 valence electrons. The van der Waals surface area contributed by atoms with Gasteiger partial charge in [-0.05, 0) is 29.3 Å². The Morgan fingerprint density at radius 3 is 2.92 bits per heavy atom. The second-order valence-electron chi connectivity index (χ2n) is 5.78. The fraction of sp³-hybridized carbons (Fsp3) is 0.167. The van der Waals surface area contributed by atoms with Crippen molar-refractivity contribution in [2.45, 2.75) is 19.1 Å². The van der Waals surface area contributed by atoms with Crippen LogP contribution in [-0.4, -0.2) is 16.1 Å². The molecule has 0 aliphatic carbocycles. The van der Waals surface area contributed by atoms with Crippen LogP contribution < -0.4 is 15.8 Å². The molecule has 3 aromatic rings. The van der Waals surface area contributed by atoms with E-state index in [0.717, 1.165) is 16.9 Å². The molecule has 3 N–H and O–H groups in total. The monoisotopic (exact) mass is 336 g/mol. The quantitative estimate of drug-likeness (QED) is 0.742. The van der Waals surface area contributed by atoms with Crippen LogP contribution in [0.2, 0.25) is 0 Å². The van der Waals surface area contributed by atoms with Crippen molar-refractivity contribution < 1.29 is 13.9 Å². The lowest BCUT2D eigenvalue weighted by Crippen LogP contribution is -2.11. The van der Waals surface area contributed by atoms with E-state index < -0.39 is 5.91 Å². The Kier molecular flexibility index (Phi) is 3.81. The molecule has 1 aromatic heterocycles. The van der Waals surface area contributed by atoms with E-state index in [2.05, 4.69) is 15.5 Å². The lowest BCUT2D eigenvalue weighted by atomic mass is 10.1. The van der Waals surface area contributed by atoms with Crippen LogP contribution in [0.3, 0.4) is 0 Å². The molecule has 1 amide bonds. The summed E-state index contributed by atoms with van der Waals surface area (Å²) in [5.41, 5.74) is 7.76. The van der Waals surface area contributed by atoms with Gasteiger partial charge in [-0.2, -0.15) is 0 Å². The molecule has 2 heterocycles. The number of primary amides is 1. The van der Waals surface area contributed by atoms with Gasteiger partial charge in [-0.1, -0.05) is 35.4 Å². The molecule has 4 rings (SSSR count). The van der Waals surface area contributed by atoms with Gasteiger partial charge in [-0.25, -0.2) is 0 Å². The summed E-state index contributed by atoms with van der Waals surface area (Å²) in [6.45, 7) is 0.439. The Balaban J connectivity index is 1.41. The molecular formula is C18H16N4O3. The third kappa shape index (κ3) is 3.16. The number of rotatable bonds is 5. The molecule has 0 fully saturated rings. The molecule has 1 atom stereocenters. The van der Waals surface area contributed by atoms with E-state index in [1.54, 1.807) is 18.2 Å². The number of ether oxygens (including phenoxy) is 1. The molecule has 0 radical (unpaired) electrons. The summed E-state index contributed by atoms with van der Waals surface area (Å²) in [6.07, 6.45) is 0.442. The first kappa shape index (κ1) is 15.2. The van der Waals surface area contributed by atoms with Gasteiger partial charge >= 0.3 is 6.01 Å². The maximum absolute atomic E-state index is 11.2. The average Bonchev–Trinajstić information content (AvgIpc) is 3.26. The molecular weight excluding hydrogens is 320 g/mol. The summed E-state index contributed by atoms with van der Waals surface area (Å²) >= 11 is 0. The van der Waals surface area contributed by atoms with E-state index >= 15 is 0 Å². The van der Waals surface area contributed by atoms with Crippen LogP contribution in [0, 0.1) is 0 Å². The van der Waals surface area contributed by atoms with Gasteiger partial charge in [0.1, 0.15) is 5.75 Å². The van der Waals surface area contributed by atoms with Gasteiger partial charge < -0.3 is 20.2 Å². The number of aromatic nitrogens is 2. The highest BCUT2D eigenvalue weighted by molar-refractivity contribution is 5.92. The van der Waals surface area contributed by atoms with Gasteiger partial charge in [0, 0.05) is 18.5 Å².